The van der Waals surface area contributed by atoms with Crippen LogP contribution in [0.3, 0.4) is 0 Å². The summed E-state index contributed by atoms with van der Waals surface area (Å²) in [6.45, 7) is 0.381. The highest BCUT2D eigenvalue weighted by Crippen LogP contribution is 2.41. The molecule has 0 saturated heterocycles. The predicted molar refractivity (Wildman–Crippen MR) is 125 cm³/mol. The fourth-order valence-corrected chi connectivity index (χ4v) is 4.55. The molecule has 0 fully saturated rings. The summed E-state index contributed by atoms with van der Waals surface area (Å²) in [4.78, 5) is 27.4. The minimum atomic E-state index is -2.23. The summed E-state index contributed by atoms with van der Waals surface area (Å²) in [6.07, 6.45) is 7.42. The van der Waals surface area contributed by atoms with Crippen LogP contribution < -0.4 is 15.5 Å². The molecule has 0 spiro atoms. The van der Waals surface area contributed by atoms with Crippen molar-refractivity contribution >= 4 is 50.8 Å². The maximum absolute atomic E-state index is 13.4. The SMILES string of the molecule is O=C1Nc2ccc(Br)cc2[C@](O)(C(=O)NCCC2=CCCCC2)N1c1ccc(Cl)cc1. The normalized spacial score (nSPS) is 20.5. The van der Waals surface area contributed by atoms with Crippen LogP contribution in [0.15, 0.2) is 58.6 Å². The lowest BCUT2D eigenvalue weighted by atomic mass is 9.94. The molecule has 8 heteroatoms. The Labute approximate surface area is 194 Å². The molecule has 0 unspecified atom stereocenters. The van der Waals surface area contributed by atoms with Crippen molar-refractivity contribution in [3.63, 3.8) is 0 Å². The zero-order valence-corrected chi connectivity index (χ0v) is 19.2. The molecule has 1 aliphatic heterocycles. The predicted octanol–water partition coefficient (Wildman–Crippen LogP) is 5.31. The van der Waals surface area contributed by atoms with Gasteiger partial charge in [0.05, 0.1) is 5.69 Å². The van der Waals surface area contributed by atoms with Crippen LogP contribution in [0.5, 0.6) is 0 Å². The molecule has 3 N–H and O–H groups in total. The van der Waals surface area contributed by atoms with Gasteiger partial charge in [0.25, 0.3) is 11.6 Å². The third-order valence-electron chi connectivity index (χ3n) is 5.64. The highest BCUT2D eigenvalue weighted by molar-refractivity contribution is 9.10. The van der Waals surface area contributed by atoms with Crippen LogP contribution >= 0.6 is 27.5 Å². The fraction of sp³-hybridized carbons (Fsp3) is 0.304. The largest absolute Gasteiger partial charge is 0.359 e. The van der Waals surface area contributed by atoms with Crippen molar-refractivity contribution in [1.29, 1.82) is 0 Å². The summed E-state index contributed by atoms with van der Waals surface area (Å²) in [7, 11) is 0. The van der Waals surface area contributed by atoms with Crippen LogP contribution in [0.4, 0.5) is 16.2 Å². The van der Waals surface area contributed by atoms with Crippen molar-refractivity contribution < 1.29 is 14.7 Å². The topological polar surface area (TPSA) is 81.7 Å². The Balaban J connectivity index is 1.68. The van der Waals surface area contributed by atoms with Gasteiger partial charge in [0.1, 0.15) is 0 Å². The standard InChI is InChI=1S/C23H23BrClN3O3/c24-16-6-11-20-19(14-16)23(31,21(29)26-13-12-15-4-2-1-3-5-15)28(22(30)27-20)18-9-7-17(25)8-10-18/h4,6-11,14,31H,1-3,5,12-13H2,(H,26,29)(H,27,30)/t23-/m0/s1. The molecule has 0 aromatic heterocycles. The monoisotopic (exact) mass is 503 g/mol. The molecule has 2 aromatic rings. The van der Waals surface area contributed by atoms with E-state index in [1.165, 1.54) is 12.0 Å². The van der Waals surface area contributed by atoms with E-state index in [9.17, 15) is 14.7 Å². The number of hydrogen-bond donors (Lipinski definition) is 3. The molecule has 4 rings (SSSR count). The second-order valence-corrected chi connectivity index (χ2v) is 9.07. The van der Waals surface area contributed by atoms with Crippen molar-refractivity contribution in [1.82, 2.24) is 5.32 Å². The molecule has 162 valence electrons. The second-order valence-electron chi connectivity index (χ2n) is 7.72. The van der Waals surface area contributed by atoms with E-state index in [0.717, 1.165) is 30.6 Å². The number of halogens is 2. The number of fused-ring (bicyclic) bond motifs is 1. The number of carbonyl (C=O) groups excluding carboxylic acids is 2. The van der Waals surface area contributed by atoms with E-state index in [-0.39, 0.29) is 5.56 Å². The third-order valence-corrected chi connectivity index (χ3v) is 6.39. The molecule has 31 heavy (non-hydrogen) atoms. The Morgan fingerprint density at radius 1 is 1.23 bits per heavy atom. The van der Waals surface area contributed by atoms with E-state index in [2.05, 4.69) is 32.6 Å². The summed E-state index contributed by atoms with van der Waals surface area (Å²) in [5, 5.41) is 17.9. The van der Waals surface area contributed by atoms with E-state index in [1.54, 1.807) is 42.5 Å². The van der Waals surface area contributed by atoms with Crippen molar-refractivity contribution in [2.24, 2.45) is 0 Å². The number of amides is 3. The number of anilines is 2. The van der Waals surface area contributed by atoms with Gasteiger partial charge in [-0.3, -0.25) is 9.69 Å². The number of nitrogens with zero attached hydrogens (tertiary/aromatic N) is 1. The van der Waals surface area contributed by atoms with Gasteiger partial charge in [0.15, 0.2) is 0 Å². The van der Waals surface area contributed by atoms with Gasteiger partial charge in [0, 0.05) is 27.3 Å². The summed E-state index contributed by atoms with van der Waals surface area (Å²) >= 11 is 9.39. The maximum Gasteiger partial charge on any atom is 0.329 e. The molecule has 3 amide bonds. The number of rotatable bonds is 5. The molecule has 1 heterocycles. The summed E-state index contributed by atoms with van der Waals surface area (Å²) in [5.74, 6) is -0.659. The van der Waals surface area contributed by atoms with Crippen LogP contribution in [-0.4, -0.2) is 23.6 Å². The van der Waals surface area contributed by atoms with Gasteiger partial charge in [-0.15, -0.1) is 0 Å². The van der Waals surface area contributed by atoms with Gasteiger partial charge in [0.2, 0.25) is 0 Å². The average molecular weight is 505 g/mol. The summed E-state index contributed by atoms with van der Waals surface area (Å²) in [6, 6.07) is 10.8. The molecule has 1 atom stereocenters. The molecule has 6 nitrogen and oxygen atoms in total. The lowest BCUT2D eigenvalue weighted by molar-refractivity contribution is -0.140. The summed E-state index contributed by atoms with van der Waals surface area (Å²) in [5.41, 5.74) is 0.102. The lowest BCUT2D eigenvalue weighted by Crippen LogP contribution is -2.62. The Morgan fingerprint density at radius 2 is 2.00 bits per heavy atom. The van der Waals surface area contributed by atoms with Crippen LogP contribution in [0.1, 0.15) is 37.7 Å². The van der Waals surface area contributed by atoms with Crippen LogP contribution in [0.2, 0.25) is 5.02 Å². The van der Waals surface area contributed by atoms with Crippen LogP contribution in [0, 0.1) is 0 Å². The van der Waals surface area contributed by atoms with Crippen molar-refractivity contribution in [2.45, 2.75) is 37.8 Å². The fourth-order valence-electron chi connectivity index (χ4n) is 4.06. The molecular weight excluding hydrogens is 482 g/mol. The number of nitrogens with one attached hydrogen (secondary N) is 2. The maximum atomic E-state index is 13.4. The van der Waals surface area contributed by atoms with Gasteiger partial charge in [-0.2, -0.15) is 0 Å². The van der Waals surface area contributed by atoms with Crippen molar-refractivity contribution in [2.75, 3.05) is 16.8 Å². The molecule has 0 saturated carbocycles. The van der Waals surface area contributed by atoms with Gasteiger partial charge in [-0.25, -0.2) is 4.79 Å². The number of carbonyl (C=O) groups is 2. The molecular formula is C23H23BrClN3O3. The molecule has 2 aromatic carbocycles. The zero-order valence-electron chi connectivity index (χ0n) is 16.8. The molecule has 0 bridgehead atoms. The van der Waals surface area contributed by atoms with Crippen LogP contribution in [-0.2, 0) is 10.5 Å². The van der Waals surface area contributed by atoms with E-state index in [1.807, 2.05) is 0 Å². The quantitative estimate of drug-likeness (QED) is 0.483. The Bertz CT molecular complexity index is 1040. The van der Waals surface area contributed by atoms with Gasteiger partial charge in [-0.1, -0.05) is 39.2 Å². The number of benzene rings is 2. The van der Waals surface area contributed by atoms with E-state index < -0.39 is 17.7 Å². The van der Waals surface area contributed by atoms with Gasteiger partial charge in [-0.05, 0) is 74.6 Å². The minimum Gasteiger partial charge on any atom is -0.359 e. The molecule has 1 aliphatic carbocycles. The third kappa shape index (κ3) is 4.35. The van der Waals surface area contributed by atoms with E-state index in [4.69, 9.17) is 11.6 Å². The van der Waals surface area contributed by atoms with Crippen LogP contribution in [0.25, 0.3) is 0 Å². The van der Waals surface area contributed by atoms with E-state index in [0.29, 0.717) is 27.4 Å². The summed E-state index contributed by atoms with van der Waals surface area (Å²) < 4.78 is 0.678. The minimum absolute atomic E-state index is 0.283. The first-order valence-electron chi connectivity index (χ1n) is 10.2. The Kier molecular flexibility index (Phi) is 6.36. The Hall–Kier alpha value is -2.35. The number of aliphatic hydroxyl groups is 1. The number of allylic oxidation sites excluding steroid dienone is 1. The van der Waals surface area contributed by atoms with Crippen molar-refractivity contribution in [3.8, 4) is 0 Å². The molecule has 0 radical (unpaired) electrons. The zero-order chi connectivity index (χ0) is 22.0. The smallest absolute Gasteiger partial charge is 0.329 e. The first-order chi connectivity index (χ1) is 14.9. The first kappa shape index (κ1) is 21.9. The highest BCUT2D eigenvalue weighted by Gasteiger charge is 2.52. The van der Waals surface area contributed by atoms with E-state index >= 15 is 0 Å². The number of urea groups is 1. The number of hydrogen-bond acceptors (Lipinski definition) is 3. The Morgan fingerprint density at radius 3 is 2.71 bits per heavy atom. The average Bonchev–Trinajstić information content (AvgIpc) is 2.76. The van der Waals surface area contributed by atoms with Gasteiger partial charge >= 0.3 is 6.03 Å². The van der Waals surface area contributed by atoms with Gasteiger partial charge < -0.3 is 15.7 Å². The lowest BCUT2D eigenvalue weighted by Gasteiger charge is -2.42. The second kappa shape index (κ2) is 9.02. The highest BCUT2D eigenvalue weighted by atomic mass is 79.9. The molecule has 2 aliphatic rings. The first-order valence-corrected chi connectivity index (χ1v) is 11.4. The van der Waals surface area contributed by atoms with Crippen molar-refractivity contribution in [3.05, 3.63) is 69.2 Å².